The zero-order valence-corrected chi connectivity index (χ0v) is 81.1. The highest BCUT2D eigenvalue weighted by molar-refractivity contribution is 14.1. The smallest absolute Gasteiger partial charge is 0.481 e. The zero-order chi connectivity index (χ0) is 91.7. The SMILES string of the molecule is COC(=O)[C@H]1C[C@@H]1c1ccc(N[C@@H]2CCc3c(B4OC(C)(C)C(C)(C)O4)ccc(F)c32)nc1.COC(=O)[C@H]1C[C@@H]1c1ccc(N[C@@H]2CCc3c(I)ccc(F)c32)nc1.COC(=O)[C@H]1C[C@@H]1c1ccc(N[C@@H]2CCc3c([Si](C)(C)C)ccc(F)c32)nc1.C[Si](C)(C)c1ccc(F)c2c1CC[C@H]2N.C[Si](C)(C)c1ccc(F)c2c1CC[C@H]2Nc1ccc([C@H]2C[C@@H]2C(=O)O)cn1. The Hall–Kier alpha value is -9.24. The summed E-state index contributed by atoms with van der Waals surface area (Å²) in [5.41, 5.74) is 19.5. The number of benzene rings is 5. The van der Waals surface area contributed by atoms with Crippen LogP contribution in [0.3, 0.4) is 0 Å². The molecule has 5 aromatic carbocycles. The second-order valence-electron chi connectivity index (χ2n) is 39.9. The van der Waals surface area contributed by atoms with E-state index < -0.39 is 48.5 Å². The van der Waals surface area contributed by atoms with Gasteiger partial charge in [-0.3, -0.25) is 19.2 Å². The number of methoxy groups -OCH3 is 3. The number of fused-ring (bicyclic) bond motifs is 5. The first-order valence-electron chi connectivity index (χ1n) is 44.9. The molecule has 19 nitrogen and oxygen atoms in total. The molecule has 0 unspecified atom stereocenters. The van der Waals surface area contributed by atoms with Crippen LogP contribution in [-0.4, -0.2) is 113 Å². The maximum Gasteiger partial charge on any atom is 0.495 e. The van der Waals surface area contributed by atoms with Gasteiger partial charge in [0.05, 0.1) is 105 Å². The van der Waals surface area contributed by atoms with E-state index in [2.05, 4.69) is 123 Å². The fourth-order valence-electron chi connectivity index (χ4n) is 19.8. The van der Waals surface area contributed by atoms with Crippen molar-refractivity contribution in [3.63, 3.8) is 0 Å². The van der Waals surface area contributed by atoms with Crippen molar-refractivity contribution in [3.8, 4) is 0 Å². The van der Waals surface area contributed by atoms with Gasteiger partial charge in [0.25, 0.3) is 0 Å². The van der Waals surface area contributed by atoms with Crippen LogP contribution in [0.4, 0.5) is 45.2 Å². The molecule has 19 rings (SSSR count). The summed E-state index contributed by atoms with van der Waals surface area (Å²) in [5.74, 6) is 1.15. The van der Waals surface area contributed by atoms with Crippen LogP contribution >= 0.6 is 22.6 Å². The van der Waals surface area contributed by atoms with E-state index in [9.17, 15) is 41.1 Å². The largest absolute Gasteiger partial charge is 0.495 e. The summed E-state index contributed by atoms with van der Waals surface area (Å²) in [6.07, 6.45) is 18.9. The van der Waals surface area contributed by atoms with Gasteiger partial charge in [-0.1, -0.05) is 123 Å². The molecule has 5 fully saturated rings. The van der Waals surface area contributed by atoms with E-state index in [0.717, 1.165) is 160 Å². The van der Waals surface area contributed by atoms with Gasteiger partial charge in [0.1, 0.15) is 52.4 Å². The molecule has 13 atom stereocenters. The lowest BCUT2D eigenvalue weighted by Gasteiger charge is -2.32. The normalized spacial score (nSPS) is 24.1. The van der Waals surface area contributed by atoms with Gasteiger partial charge in [-0.2, -0.15) is 0 Å². The van der Waals surface area contributed by atoms with Gasteiger partial charge in [-0.15, -0.1) is 0 Å². The molecular weight excluding hydrogens is 1790 g/mol. The molecule has 128 heavy (non-hydrogen) atoms. The number of nitrogens with zero attached hydrogens (tertiary/aromatic N) is 4. The molecule has 10 aliphatic rings. The van der Waals surface area contributed by atoms with Crippen molar-refractivity contribution in [1.82, 2.24) is 19.9 Å². The number of hydrogen-bond donors (Lipinski definition) is 6. The van der Waals surface area contributed by atoms with Crippen molar-refractivity contribution in [2.45, 2.75) is 242 Å². The van der Waals surface area contributed by atoms with Crippen LogP contribution in [0, 0.1) is 56.3 Å². The number of ether oxygens (including phenoxy) is 3. The van der Waals surface area contributed by atoms with Crippen molar-refractivity contribution in [3.05, 3.63) is 245 Å². The number of halogens is 6. The van der Waals surface area contributed by atoms with Crippen LogP contribution in [-0.2, 0) is 74.8 Å². The van der Waals surface area contributed by atoms with Gasteiger partial charge < -0.3 is 55.6 Å². The summed E-state index contributed by atoms with van der Waals surface area (Å²) in [5, 5.41) is 26.7. The van der Waals surface area contributed by atoms with Crippen LogP contribution in [0.1, 0.15) is 217 Å². The second-order valence-corrected chi connectivity index (χ2v) is 56.2. The Labute approximate surface area is 764 Å². The van der Waals surface area contributed by atoms with Gasteiger partial charge in [0.2, 0.25) is 0 Å². The number of nitrogens with one attached hydrogen (secondary N) is 4. The predicted octanol–water partition coefficient (Wildman–Crippen LogP) is 18.6. The molecular formula is C99H118BF5IN9O10Si3. The number of aliphatic carboxylic acids is 1. The molecule has 7 N–H and O–H groups in total. The lowest BCUT2D eigenvalue weighted by atomic mass is 9.75. The Kier molecular flexibility index (Phi) is 27.1. The molecule has 9 aliphatic carbocycles. The highest BCUT2D eigenvalue weighted by Crippen LogP contribution is 2.52. The standard InChI is InChI=1S/C25H30BFN2O4.C22H27FN2O2Si.C21H25FN2O2Si.C19H18FIN2O2.C12H18FNSi/c1-24(2)25(3,4)33-26(32-24)18-8-9-19(27)22-15(18)7-10-20(22)29-21-11-6-14(13-28-21)16-12-17(16)23(30)31-5;1-27-22(26)16-11-15(16)13-5-10-20(24-12-13)25-18-8-6-14-19(28(2,3)4)9-7-17(23)21(14)18;1-27(2,3)18-8-6-16(22)20-13(18)5-7-17(20)24-19-9-4-12(11-23-19)14-10-15(14)21(25)26;1-25-19(24)13-8-12(13)10-2-7-17(22-9-10)23-16-6-3-11-15(21)5-4-14(20)18(11)16;1-15(2,3)11-7-5-9(13)12-8(11)4-6-10(12)14/h6,8-9,11,13,16-17,20H,7,10,12H2,1-5H3,(H,28,29);5,7,9-10,12,15-16,18H,6,8,11H2,1-4H3,(H,24,25);4,6,8-9,11,14-15,17H,5,7,10H2,1-3H3,(H,23,24)(H,25,26);2,4-5,7,9,12-13,16H,3,6,8H2,1H3,(H,22,23);5,7,10H,4,6,14H2,1-3H3/t16-,17+,20-;15-,16+,18-;14-,15+,17-;12-,13+,16-;10-/m11111/s1. The highest BCUT2D eigenvalue weighted by Gasteiger charge is 2.54. The van der Waals surface area contributed by atoms with Crippen molar-refractivity contribution >= 4 is 122 Å². The lowest BCUT2D eigenvalue weighted by molar-refractivity contribution is -0.143. The van der Waals surface area contributed by atoms with Crippen molar-refractivity contribution in [2.75, 3.05) is 42.6 Å². The Morgan fingerprint density at radius 2 is 0.688 bits per heavy atom. The van der Waals surface area contributed by atoms with E-state index in [-0.39, 0.29) is 125 Å². The first kappa shape index (κ1) is 93.4. The molecule has 4 saturated carbocycles. The molecule has 0 bridgehead atoms. The zero-order valence-electron chi connectivity index (χ0n) is 75.9. The number of carboxylic acids is 1. The van der Waals surface area contributed by atoms with E-state index >= 15 is 0 Å². The van der Waals surface area contributed by atoms with E-state index in [1.54, 1.807) is 42.9 Å². The predicted molar refractivity (Wildman–Crippen MR) is 507 cm³/mol. The molecule has 5 heterocycles. The van der Waals surface area contributed by atoms with Crippen LogP contribution in [0.25, 0.3) is 0 Å². The number of rotatable bonds is 20. The average Bonchev–Trinajstić information content (AvgIpc) is 1.59. The monoisotopic (exact) mass is 1910 g/mol. The fraction of sp³-hybridized carbons (Fsp3) is 0.455. The maximum atomic E-state index is 15.0. The van der Waals surface area contributed by atoms with Crippen molar-refractivity contribution in [2.24, 2.45) is 29.4 Å². The van der Waals surface area contributed by atoms with Crippen LogP contribution in [0.2, 0.25) is 58.9 Å². The third-order valence-corrected chi connectivity index (χ3v) is 35.0. The number of nitrogens with two attached hydrogens (primary N) is 1. The van der Waals surface area contributed by atoms with Crippen LogP contribution < -0.4 is 48.0 Å². The van der Waals surface area contributed by atoms with Gasteiger partial charge in [-0.05, 0) is 280 Å². The van der Waals surface area contributed by atoms with Crippen molar-refractivity contribution in [1.29, 1.82) is 0 Å². The molecule has 1 saturated heterocycles. The third kappa shape index (κ3) is 20.0. The summed E-state index contributed by atoms with van der Waals surface area (Å²) >= 11 is 2.26. The number of aromatic nitrogens is 4. The number of carbonyl (C=O) groups excluding carboxylic acids is 3. The topological polar surface area (TPSA) is 260 Å². The van der Waals surface area contributed by atoms with Gasteiger partial charge >= 0.3 is 31.0 Å². The van der Waals surface area contributed by atoms with E-state index in [4.69, 9.17) is 34.4 Å². The van der Waals surface area contributed by atoms with E-state index in [1.807, 2.05) is 107 Å². The lowest BCUT2D eigenvalue weighted by Crippen LogP contribution is -2.41. The number of anilines is 4. The molecule has 9 aromatic rings. The molecule has 4 aromatic heterocycles. The maximum absolute atomic E-state index is 15.0. The quantitative estimate of drug-likeness (QED) is 0.0136. The number of esters is 3. The minimum atomic E-state index is -1.52. The highest BCUT2D eigenvalue weighted by atomic mass is 127. The average molecular weight is 1910 g/mol. The fourth-order valence-corrected chi connectivity index (χ4v) is 25.8. The molecule has 1 aliphatic heterocycles. The first-order valence-corrected chi connectivity index (χ1v) is 56.4. The van der Waals surface area contributed by atoms with Crippen molar-refractivity contribution < 1.29 is 69.8 Å². The summed E-state index contributed by atoms with van der Waals surface area (Å²) in [6, 6.07) is 32.6. The summed E-state index contributed by atoms with van der Waals surface area (Å²) < 4.78 is 100. The minimum Gasteiger partial charge on any atom is -0.481 e. The second kappa shape index (κ2) is 37.2. The Morgan fingerprint density at radius 1 is 0.406 bits per heavy atom. The molecule has 29 heteroatoms. The summed E-state index contributed by atoms with van der Waals surface area (Å²) in [4.78, 5) is 63.8. The minimum absolute atomic E-state index is 0.0384. The first-order chi connectivity index (χ1) is 60.6. The Bertz CT molecular complexity index is 5670. The van der Waals surface area contributed by atoms with Gasteiger partial charge in [0.15, 0.2) is 0 Å². The summed E-state index contributed by atoms with van der Waals surface area (Å²) in [7, 11) is -0.653. The molecule has 676 valence electrons. The molecule has 0 spiro atoms. The number of carboxylic acid groups (broad SMARTS) is 1. The van der Waals surface area contributed by atoms with Gasteiger partial charge in [0, 0.05) is 62.2 Å². The summed E-state index contributed by atoms with van der Waals surface area (Å²) in [6.45, 7) is 28.8. The molecule has 0 amide bonds. The Balaban J connectivity index is 0.000000125. The Morgan fingerprint density at radius 3 is 1.01 bits per heavy atom. The van der Waals surface area contributed by atoms with Gasteiger partial charge in [-0.25, -0.2) is 41.9 Å². The number of carbonyl (C=O) groups is 4. The number of pyridine rings is 4. The van der Waals surface area contributed by atoms with E-state index in [0.29, 0.717) is 23.6 Å². The number of hydrogen-bond acceptors (Lipinski definition) is 18. The molecule has 0 radical (unpaired) electrons. The van der Waals surface area contributed by atoms with Crippen LogP contribution in [0.5, 0.6) is 0 Å². The van der Waals surface area contributed by atoms with E-state index in [1.165, 1.54) is 65.7 Å². The van der Waals surface area contributed by atoms with Crippen LogP contribution in [0.15, 0.2) is 134 Å². The third-order valence-electron chi connectivity index (χ3n) is 27.8.